The fourth-order valence-corrected chi connectivity index (χ4v) is 4.76. The summed E-state index contributed by atoms with van der Waals surface area (Å²) in [6, 6.07) is 2.10. The first kappa shape index (κ1) is 14.8. The van der Waals surface area contributed by atoms with Crippen molar-refractivity contribution in [2.45, 2.75) is 82.3 Å². The van der Waals surface area contributed by atoms with Gasteiger partial charge in [-0.3, -0.25) is 4.90 Å². The molecule has 2 saturated heterocycles. The molecule has 3 N–H and O–H groups in total. The predicted octanol–water partition coefficient (Wildman–Crippen LogP) is 2.50. The molecule has 3 nitrogen and oxygen atoms in total. The quantitative estimate of drug-likeness (QED) is 0.716. The first-order chi connectivity index (χ1) is 9.84. The molecule has 0 aromatic carbocycles. The highest BCUT2D eigenvalue weighted by atomic mass is 15.2. The summed E-state index contributed by atoms with van der Waals surface area (Å²) < 4.78 is 0. The largest absolute Gasteiger partial charge is 0.327 e. The second kappa shape index (κ2) is 7.24. The summed E-state index contributed by atoms with van der Waals surface area (Å²) in [5, 5.41) is 3.71. The van der Waals surface area contributed by atoms with Crippen molar-refractivity contribution in [1.29, 1.82) is 0 Å². The summed E-state index contributed by atoms with van der Waals surface area (Å²) in [7, 11) is 0. The van der Waals surface area contributed by atoms with Crippen molar-refractivity contribution in [1.82, 2.24) is 10.2 Å². The summed E-state index contributed by atoms with van der Waals surface area (Å²) in [5.74, 6) is 0.795. The Labute approximate surface area is 124 Å². The van der Waals surface area contributed by atoms with E-state index in [1.807, 2.05) is 0 Å². The van der Waals surface area contributed by atoms with Gasteiger partial charge in [0, 0.05) is 24.7 Å². The second-order valence-corrected chi connectivity index (χ2v) is 7.33. The maximum atomic E-state index is 6.51. The minimum absolute atomic E-state index is 0.465. The highest BCUT2D eigenvalue weighted by molar-refractivity contribution is 4.91. The molecule has 1 aliphatic carbocycles. The van der Waals surface area contributed by atoms with E-state index >= 15 is 0 Å². The van der Waals surface area contributed by atoms with Crippen molar-refractivity contribution in [2.75, 3.05) is 19.6 Å². The predicted molar refractivity (Wildman–Crippen MR) is 84.8 cm³/mol. The first-order valence-corrected chi connectivity index (χ1v) is 9.06. The Balaban J connectivity index is 1.67. The Morgan fingerprint density at radius 3 is 2.70 bits per heavy atom. The van der Waals surface area contributed by atoms with Crippen LogP contribution in [0.4, 0.5) is 0 Å². The second-order valence-electron chi connectivity index (χ2n) is 7.33. The van der Waals surface area contributed by atoms with Crippen molar-refractivity contribution >= 4 is 0 Å². The maximum absolute atomic E-state index is 6.51. The van der Waals surface area contributed by atoms with Gasteiger partial charge in [0.1, 0.15) is 0 Å². The Kier molecular flexibility index (Phi) is 5.36. The van der Waals surface area contributed by atoms with Gasteiger partial charge in [0.2, 0.25) is 0 Å². The fourth-order valence-electron chi connectivity index (χ4n) is 4.76. The molecule has 0 spiro atoms. The zero-order chi connectivity index (χ0) is 13.8. The molecule has 0 aromatic heterocycles. The number of nitrogens with two attached hydrogens (primary N) is 1. The van der Waals surface area contributed by atoms with E-state index in [1.54, 1.807) is 0 Å². The standard InChI is InChI=1S/C17H33N3/c18-17-9-2-1-3-10-19-13-16-8-5-11-20(16)15-7-4-6-14(17)12-15/h14-17,19H,1-13,18H2/t14?,15?,16-,17+/m1/s1. The van der Waals surface area contributed by atoms with Gasteiger partial charge >= 0.3 is 0 Å². The highest BCUT2D eigenvalue weighted by Crippen LogP contribution is 2.34. The van der Waals surface area contributed by atoms with Crippen molar-refractivity contribution in [3.05, 3.63) is 0 Å². The van der Waals surface area contributed by atoms with Crippen molar-refractivity contribution in [2.24, 2.45) is 11.7 Å². The molecule has 3 fully saturated rings. The van der Waals surface area contributed by atoms with Crippen LogP contribution < -0.4 is 11.1 Å². The van der Waals surface area contributed by atoms with Gasteiger partial charge in [-0.15, -0.1) is 0 Å². The Bertz CT molecular complexity index is 294. The topological polar surface area (TPSA) is 41.3 Å². The number of rotatable bonds is 0. The molecule has 0 aromatic rings. The van der Waals surface area contributed by atoms with E-state index in [4.69, 9.17) is 5.73 Å². The summed E-state index contributed by atoms with van der Waals surface area (Å²) in [5.41, 5.74) is 6.51. The first-order valence-electron chi connectivity index (χ1n) is 9.06. The summed E-state index contributed by atoms with van der Waals surface area (Å²) in [6.07, 6.45) is 13.6. The zero-order valence-electron chi connectivity index (χ0n) is 13.0. The molecule has 3 aliphatic rings. The molecule has 1 saturated carbocycles. The van der Waals surface area contributed by atoms with E-state index in [0.29, 0.717) is 6.04 Å². The van der Waals surface area contributed by atoms with Crippen molar-refractivity contribution in [3.63, 3.8) is 0 Å². The Hall–Kier alpha value is -0.120. The third-order valence-electron chi connectivity index (χ3n) is 5.96. The molecule has 2 aliphatic heterocycles. The fraction of sp³-hybridized carbons (Fsp3) is 1.00. The van der Waals surface area contributed by atoms with Crippen LogP contribution in [-0.2, 0) is 0 Å². The van der Waals surface area contributed by atoms with Gasteiger partial charge in [0.15, 0.2) is 0 Å². The minimum Gasteiger partial charge on any atom is -0.327 e. The Morgan fingerprint density at radius 2 is 1.75 bits per heavy atom. The number of fused-ring (bicyclic) bond motifs is 4. The lowest BCUT2D eigenvalue weighted by Crippen LogP contribution is -2.47. The van der Waals surface area contributed by atoms with E-state index < -0.39 is 0 Å². The monoisotopic (exact) mass is 279 g/mol. The van der Waals surface area contributed by atoms with E-state index in [1.165, 1.54) is 83.8 Å². The zero-order valence-corrected chi connectivity index (χ0v) is 13.0. The number of nitrogens with one attached hydrogen (secondary N) is 1. The molecule has 2 bridgehead atoms. The van der Waals surface area contributed by atoms with Crippen molar-refractivity contribution < 1.29 is 0 Å². The van der Waals surface area contributed by atoms with Crippen molar-refractivity contribution in [3.8, 4) is 0 Å². The third-order valence-corrected chi connectivity index (χ3v) is 5.96. The van der Waals surface area contributed by atoms with E-state index in [-0.39, 0.29) is 0 Å². The van der Waals surface area contributed by atoms with Crippen LogP contribution in [0.5, 0.6) is 0 Å². The van der Waals surface area contributed by atoms with E-state index in [0.717, 1.165) is 18.0 Å². The number of hydrogen-bond acceptors (Lipinski definition) is 3. The van der Waals surface area contributed by atoms with Crippen LogP contribution in [-0.4, -0.2) is 42.7 Å². The molecular weight excluding hydrogens is 246 g/mol. The van der Waals surface area contributed by atoms with Crippen LogP contribution in [0, 0.1) is 5.92 Å². The van der Waals surface area contributed by atoms with E-state index in [2.05, 4.69) is 10.2 Å². The van der Waals surface area contributed by atoms with E-state index in [9.17, 15) is 0 Å². The average molecular weight is 279 g/mol. The van der Waals surface area contributed by atoms with Crippen LogP contribution in [0.1, 0.15) is 64.2 Å². The third kappa shape index (κ3) is 3.55. The molecule has 2 heterocycles. The number of nitrogens with zero attached hydrogens (tertiary/aromatic N) is 1. The molecule has 20 heavy (non-hydrogen) atoms. The van der Waals surface area contributed by atoms with Gasteiger partial charge in [0.25, 0.3) is 0 Å². The van der Waals surface area contributed by atoms with Gasteiger partial charge in [-0.1, -0.05) is 19.3 Å². The molecule has 0 amide bonds. The van der Waals surface area contributed by atoms with Gasteiger partial charge in [-0.25, -0.2) is 0 Å². The molecule has 0 radical (unpaired) electrons. The van der Waals surface area contributed by atoms with Crippen LogP contribution in [0.3, 0.4) is 0 Å². The normalized spacial score (nSPS) is 41.2. The molecule has 2 unspecified atom stereocenters. The average Bonchev–Trinajstić information content (AvgIpc) is 2.94. The maximum Gasteiger partial charge on any atom is 0.0224 e. The Morgan fingerprint density at radius 1 is 0.850 bits per heavy atom. The van der Waals surface area contributed by atoms with Gasteiger partial charge in [-0.2, -0.15) is 0 Å². The summed E-state index contributed by atoms with van der Waals surface area (Å²) in [4.78, 5) is 2.84. The van der Waals surface area contributed by atoms with Gasteiger partial charge in [-0.05, 0) is 64.0 Å². The lowest BCUT2D eigenvalue weighted by atomic mass is 9.79. The molecule has 4 atom stereocenters. The molecule has 3 heteroatoms. The highest BCUT2D eigenvalue weighted by Gasteiger charge is 2.35. The summed E-state index contributed by atoms with van der Waals surface area (Å²) in [6.45, 7) is 3.75. The molecule has 3 rings (SSSR count). The minimum atomic E-state index is 0.465. The summed E-state index contributed by atoms with van der Waals surface area (Å²) >= 11 is 0. The molecular formula is C17H33N3. The SMILES string of the molecule is N[C@H]1CCCCCNC[C@H]2CCCN2C2CCCC1C2. The lowest BCUT2D eigenvalue weighted by molar-refractivity contribution is 0.108. The van der Waals surface area contributed by atoms with Crippen LogP contribution in [0.15, 0.2) is 0 Å². The van der Waals surface area contributed by atoms with Crippen LogP contribution in [0.25, 0.3) is 0 Å². The van der Waals surface area contributed by atoms with Gasteiger partial charge in [0.05, 0.1) is 0 Å². The lowest BCUT2D eigenvalue weighted by Gasteiger charge is -2.40. The van der Waals surface area contributed by atoms with Gasteiger partial charge < -0.3 is 11.1 Å². The van der Waals surface area contributed by atoms with Crippen LogP contribution in [0.2, 0.25) is 0 Å². The smallest absolute Gasteiger partial charge is 0.0224 e. The van der Waals surface area contributed by atoms with Crippen LogP contribution >= 0.6 is 0 Å². The molecule has 116 valence electrons. The number of hydrogen-bond donors (Lipinski definition) is 2.